The fourth-order valence-electron chi connectivity index (χ4n) is 2.16. The van der Waals surface area contributed by atoms with Crippen LogP contribution in [0.3, 0.4) is 0 Å². The Morgan fingerprint density at radius 1 is 0.714 bits per heavy atom. The Balaban J connectivity index is 1.90. The van der Waals surface area contributed by atoms with Crippen LogP contribution in [0.15, 0.2) is 30.3 Å². The highest BCUT2D eigenvalue weighted by molar-refractivity contribution is 5.48. The number of nitrogen functional groups attached to an aromatic ring is 1. The molecule has 0 heterocycles. The molecule has 0 spiro atoms. The number of ether oxygens (including phenoxy) is 2. The molecule has 0 aliphatic heterocycles. The van der Waals surface area contributed by atoms with Crippen LogP contribution in [0.25, 0.3) is 0 Å². The molecule has 2 rings (SSSR count). The lowest BCUT2D eigenvalue weighted by molar-refractivity contribution is 0.215. The number of anilines is 1. The number of nitrogens with two attached hydrogens (primary N) is 1. The Kier molecular flexibility index (Phi) is 4.73. The van der Waals surface area contributed by atoms with E-state index in [0.717, 1.165) is 22.6 Å². The number of benzene rings is 2. The second-order valence-electron chi connectivity index (χ2n) is 5.42. The molecule has 21 heavy (non-hydrogen) atoms. The van der Waals surface area contributed by atoms with E-state index in [1.54, 1.807) is 0 Å². The second-order valence-corrected chi connectivity index (χ2v) is 5.42. The molecule has 2 aromatic rings. The van der Waals surface area contributed by atoms with E-state index in [9.17, 15) is 0 Å². The van der Waals surface area contributed by atoms with E-state index in [2.05, 4.69) is 32.9 Å². The number of rotatable bonds is 5. The average molecular weight is 285 g/mol. The molecule has 0 saturated carbocycles. The summed E-state index contributed by atoms with van der Waals surface area (Å²) in [5.41, 5.74) is 11.2. The quantitative estimate of drug-likeness (QED) is 0.668. The third-order valence-corrected chi connectivity index (χ3v) is 3.60. The summed E-state index contributed by atoms with van der Waals surface area (Å²) in [6.45, 7) is 9.27. The van der Waals surface area contributed by atoms with Gasteiger partial charge in [-0.2, -0.15) is 0 Å². The maximum atomic E-state index is 5.81. The van der Waals surface area contributed by atoms with Gasteiger partial charge in [-0.1, -0.05) is 12.1 Å². The molecule has 3 heteroatoms. The molecular weight excluding hydrogens is 262 g/mol. The third-order valence-electron chi connectivity index (χ3n) is 3.60. The van der Waals surface area contributed by atoms with Gasteiger partial charge in [0.1, 0.15) is 24.7 Å². The monoisotopic (exact) mass is 285 g/mol. The zero-order valence-corrected chi connectivity index (χ0v) is 13.2. The van der Waals surface area contributed by atoms with Crippen LogP contribution in [-0.4, -0.2) is 13.2 Å². The summed E-state index contributed by atoms with van der Waals surface area (Å²) in [5.74, 6) is 1.74. The molecular formula is C18H23NO2. The minimum atomic E-state index is 0.497. The third kappa shape index (κ3) is 3.91. The minimum Gasteiger partial charge on any atom is -0.490 e. The van der Waals surface area contributed by atoms with Gasteiger partial charge in [0.2, 0.25) is 0 Å². The second kappa shape index (κ2) is 6.53. The molecule has 0 unspecified atom stereocenters. The van der Waals surface area contributed by atoms with Crippen LogP contribution in [0.4, 0.5) is 5.69 Å². The standard InChI is InChI=1S/C18H23NO2/c1-12-5-6-16(19)11-18(12)21-8-7-20-17-10-14(3)13(2)9-15(17)4/h5-6,9-11H,7-8,19H2,1-4H3. The van der Waals surface area contributed by atoms with Gasteiger partial charge < -0.3 is 15.2 Å². The van der Waals surface area contributed by atoms with Crippen molar-refractivity contribution in [2.75, 3.05) is 18.9 Å². The summed E-state index contributed by atoms with van der Waals surface area (Å²) in [6, 6.07) is 9.90. The lowest BCUT2D eigenvalue weighted by Crippen LogP contribution is -2.10. The number of hydrogen-bond acceptors (Lipinski definition) is 3. The minimum absolute atomic E-state index is 0.497. The van der Waals surface area contributed by atoms with Gasteiger partial charge >= 0.3 is 0 Å². The van der Waals surface area contributed by atoms with E-state index in [4.69, 9.17) is 15.2 Å². The molecule has 0 bridgehead atoms. The van der Waals surface area contributed by atoms with Crippen molar-refractivity contribution in [3.63, 3.8) is 0 Å². The first-order chi connectivity index (χ1) is 9.97. The van der Waals surface area contributed by atoms with E-state index in [1.165, 1.54) is 11.1 Å². The molecule has 0 amide bonds. The van der Waals surface area contributed by atoms with Gasteiger partial charge in [-0.15, -0.1) is 0 Å². The van der Waals surface area contributed by atoms with Crippen molar-refractivity contribution >= 4 is 5.69 Å². The topological polar surface area (TPSA) is 44.5 Å². The molecule has 2 N–H and O–H groups in total. The molecule has 0 aliphatic rings. The summed E-state index contributed by atoms with van der Waals surface area (Å²) in [6.07, 6.45) is 0. The van der Waals surface area contributed by atoms with Gasteiger partial charge in [0.05, 0.1) is 0 Å². The first-order valence-corrected chi connectivity index (χ1v) is 7.17. The van der Waals surface area contributed by atoms with E-state index < -0.39 is 0 Å². The highest BCUT2D eigenvalue weighted by Crippen LogP contribution is 2.23. The van der Waals surface area contributed by atoms with Crippen LogP contribution in [0.1, 0.15) is 22.3 Å². The van der Waals surface area contributed by atoms with Crippen molar-refractivity contribution in [2.24, 2.45) is 0 Å². The summed E-state index contributed by atoms with van der Waals surface area (Å²) < 4.78 is 11.5. The van der Waals surface area contributed by atoms with Crippen molar-refractivity contribution in [1.82, 2.24) is 0 Å². The fraction of sp³-hybridized carbons (Fsp3) is 0.333. The smallest absolute Gasteiger partial charge is 0.124 e. The van der Waals surface area contributed by atoms with Crippen LogP contribution in [0, 0.1) is 27.7 Å². The Morgan fingerprint density at radius 3 is 1.95 bits per heavy atom. The van der Waals surface area contributed by atoms with Crippen molar-refractivity contribution in [3.8, 4) is 11.5 Å². The highest BCUT2D eigenvalue weighted by Gasteiger charge is 2.04. The maximum absolute atomic E-state index is 5.81. The lowest BCUT2D eigenvalue weighted by Gasteiger charge is -2.13. The Labute approximate surface area is 126 Å². The summed E-state index contributed by atoms with van der Waals surface area (Å²) in [4.78, 5) is 0. The summed E-state index contributed by atoms with van der Waals surface area (Å²) >= 11 is 0. The predicted octanol–water partition coefficient (Wildman–Crippen LogP) is 3.96. The van der Waals surface area contributed by atoms with Crippen LogP contribution < -0.4 is 15.2 Å². The van der Waals surface area contributed by atoms with Crippen molar-refractivity contribution in [1.29, 1.82) is 0 Å². The van der Waals surface area contributed by atoms with Crippen LogP contribution >= 0.6 is 0 Å². The number of aryl methyl sites for hydroxylation is 4. The van der Waals surface area contributed by atoms with Crippen molar-refractivity contribution in [3.05, 3.63) is 52.6 Å². The predicted molar refractivity (Wildman–Crippen MR) is 87.2 cm³/mol. The van der Waals surface area contributed by atoms with Gasteiger partial charge in [0, 0.05) is 11.8 Å². The Bertz CT molecular complexity index is 635. The molecule has 0 fully saturated rings. The van der Waals surface area contributed by atoms with Gasteiger partial charge in [-0.3, -0.25) is 0 Å². The fourth-order valence-corrected chi connectivity index (χ4v) is 2.16. The van der Waals surface area contributed by atoms with Gasteiger partial charge in [0.15, 0.2) is 0 Å². The average Bonchev–Trinajstić information content (AvgIpc) is 2.43. The first-order valence-electron chi connectivity index (χ1n) is 7.17. The Morgan fingerprint density at radius 2 is 1.29 bits per heavy atom. The van der Waals surface area contributed by atoms with Crippen LogP contribution in [0.2, 0.25) is 0 Å². The van der Waals surface area contributed by atoms with Crippen LogP contribution in [0.5, 0.6) is 11.5 Å². The van der Waals surface area contributed by atoms with Crippen molar-refractivity contribution in [2.45, 2.75) is 27.7 Å². The summed E-state index contributed by atoms with van der Waals surface area (Å²) in [5, 5.41) is 0. The first kappa shape index (κ1) is 15.2. The van der Waals surface area contributed by atoms with E-state index in [0.29, 0.717) is 18.9 Å². The van der Waals surface area contributed by atoms with E-state index in [1.807, 2.05) is 25.1 Å². The molecule has 0 radical (unpaired) electrons. The molecule has 0 saturated heterocycles. The lowest BCUT2D eigenvalue weighted by atomic mass is 10.1. The van der Waals surface area contributed by atoms with Crippen LogP contribution in [-0.2, 0) is 0 Å². The SMILES string of the molecule is Cc1cc(C)c(OCCOc2cc(N)ccc2C)cc1C. The zero-order chi connectivity index (χ0) is 15.4. The molecule has 2 aromatic carbocycles. The summed E-state index contributed by atoms with van der Waals surface area (Å²) in [7, 11) is 0. The molecule has 112 valence electrons. The highest BCUT2D eigenvalue weighted by atomic mass is 16.5. The van der Waals surface area contributed by atoms with Gasteiger partial charge in [-0.25, -0.2) is 0 Å². The van der Waals surface area contributed by atoms with Gasteiger partial charge in [0.25, 0.3) is 0 Å². The molecule has 3 nitrogen and oxygen atoms in total. The molecule has 0 aliphatic carbocycles. The Hall–Kier alpha value is -2.16. The van der Waals surface area contributed by atoms with E-state index in [-0.39, 0.29) is 0 Å². The normalized spacial score (nSPS) is 10.5. The molecule has 0 atom stereocenters. The van der Waals surface area contributed by atoms with Crippen molar-refractivity contribution < 1.29 is 9.47 Å². The zero-order valence-electron chi connectivity index (χ0n) is 13.2. The van der Waals surface area contributed by atoms with Gasteiger partial charge in [-0.05, 0) is 62.1 Å². The maximum Gasteiger partial charge on any atom is 0.124 e. The van der Waals surface area contributed by atoms with E-state index >= 15 is 0 Å². The number of hydrogen-bond donors (Lipinski definition) is 1. The molecule has 0 aromatic heterocycles. The largest absolute Gasteiger partial charge is 0.490 e.